The Labute approximate surface area is 159 Å². The van der Waals surface area contributed by atoms with Crippen LogP contribution in [0.2, 0.25) is 0 Å². The minimum Gasteiger partial charge on any atom is -0.492 e. The second-order valence-electron chi connectivity index (χ2n) is 6.89. The van der Waals surface area contributed by atoms with Crippen LogP contribution in [0.1, 0.15) is 23.3 Å². The summed E-state index contributed by atoms with van der Waals surface area (Å²) in [6.45, 7) is 2.79. The van der Waals surface area contributed by atoms with Crippen molar-refractivity contribution >= 4 is 17.4 Å². The van der Waals surface area contributed by atoms with E-state index in [1.54, 1.807) is 11.3 Å². The van der Waals surface area contributed by atoms with Crippen molar-refractivity contribution in [2.75, 3.05) is 27.2 Å². The van der Waals surface area contributed by atoms with Gasteiger partial charge in [0.1, 0.15) is 12.4 Å². The summed E-state index contributed by atoms with van der Waals surface area (Å²) in [7, 11) is 4.05. The van der Waals surface area contributed by atoms with Crippen LogP contribution >= 0.6 is 11.3 Å². The van der Waals surface area contributed by atoms with Crippen molar-refractivity contribution in [1.82, 2.24) is 15.1 Å². The molecule has 0 aliphatic heterocycles. The number of hydrogen-bond donors (Lipinski definition) is 1. The molecule has 1 aromatic heterocycles. The minimum atomic E-state index is 0.0206. The summed E-state index contributed by atoms with van der Waals surface area (Å²) in [6.07, 6.45) is 2.22. The first-order valence-corrected chi connectivity index (χ1v) is 9.93. The Balaban J connectivity index is 1.47. The molecule has 5 nitrogen and oxygen atoms in total. The van der Waals surface area contributed by atoms with E-state index in [0.29, 0.717) is 25.7 Å². The third-order valence-corrected chi connectivity index (χ3v) is 5.19. The number of ether oxygens (including phenoxy) is 1. The van der Waals surface area contributed by atoms with E-state index in [-0.39, 0.29) is 6.03 Å². The molecule has 1 aromatic carbocycles. The van der Waals surface area contributed by atoms with Crippen LogP contribution in [-0.4, -0.2) is 49.1 Å². The molecule has 0 radical (unpaired) electrons. The monoisotopic (exact) mass is 373 g/mol. The second-order valence-corrected chi connectivity index (χ2v) is 7.93. The molecule has 0 bridgehead atoms. The lowest BCUT2D eigenvalue weighted by molar-refractivity contribution is 0.192. The fourth-order valence-corrected chi connectivity index (χ4v) is 3.35. The Morgan fingerprint density at radius 2 is 2.00 bits per heavy atom. The molecule has 1 heterocycles. The highest BCUT2D eigenvalue weighted by Crippen LogP contribution is 2.29. The molecule has 0 atom stereocenters. The maximum absolute atomic E-state index is 12.6. The van der Waals surface area contributed by atoms with Gasteiger partial charge in [0.15, 0.2) is 0 Å². The van der Waals surface area contributed by atoms with Gasteiger partial charge in [-0.25, -0.2) is 4.79 Å². The number of carbonyl (C=O) groups excluding carboxylic acids is 1. The van der Waals surface area contributed by atoms with Crippen LogP contribution in [0.3, 0.4) is 0 Å². The number of urea groups is 1. The average molecular weight is 374 g/mol. The number of benzene rings is 1. The van der Waals surface area contributed by atoms with Crippen molar-refractivity contribution in [2.45, 2.75) is 32.0 Å². The van der Waals surface area contributed by atoms with Gasteiger partial charge in [-0.2, -0.15) is 0 Å². The van der Waals surface area contributed by atoms with E-state index in [9.17, 15) is 4.79 Å². The molecule has 0 unspecified atom stereocenters. The third kappa shape index (κ3) is 5.75. The number of nitrogens with one attached hydrogen (secondary N) is 1. The molecule has 1 fully saturated rings. The van der Waals surface area contributed by atoms with Gasteiger partial charge in [-0.1, -0.05) is 18.2 Å². The first-order valence-electron chi connectivity index (χ1n) is 9.05. The first kappa shape index (κ1) is 18.7. The van der Waals surface area contributed by atoms with Gasteiger partial charge in [-0.3, -0.25) is 0 Å². The number of rotatable bonds is 9. The van der Waals surface area contributed by atoms with E-state index < -0.39 is 0 Å². The third-order valence-electron chi connectivity index (χ3n) is 4.33. The van der Waals surface area contributed by atoms with Crippen LogP contribution in [0.25, 0.3) is 0 Å². The molecular formula is C20H27N3O2S. The number of hydrogen-bond acceptors (Lipinski definition) is 4. The van der Waals surface area contributed by atoms with Gasteiger partial charge in [0.2, 0.25) is 0 Å². The van der Waals surface area contributed by atoms with Gasteiger partial charge in [0.05, 0.1) is 6.54 Å². The molecule has 0 saturated heterocycles. The van der Waals surface area contributed by atoms with Crippen LogP contribution in [0, 0.1) is 0 Å². The number of likely N-dealkylation sites (N-methyl/N-ethyl adjacent to an activating group) is 1. The van der Waals surface area contributed by atoms with Crippen molar-refractivity contribution in [3.8, 4) is 5.75 Å². The molecule has 26 heavy (non-hydrogen) atoms. The molecule has 3 rings (SSSR count). The number of nitrogens with zero attached hydrogens (tertiary/aromatic N) is 2. The van der Waals surface area contributed by atoms with E-state index in [1.807, 2.05) is 49.3 Å². The lowest BCUT2D eigenvalue weighted by Crippen LogP contribution is -2.40. The highest BCUT2D eigenvalue weighted by atomic mass is 32.1. The molecule has 2 amide bonds. The lowest BCUT2D eigenvalue weighted by atomic mass is 10.2. The highest BCUT2D eigenvalue weighted by Gasteiger charge is 2.32. The van der Waals surface area contributed by atoms with Crippen LogP contribution in [0.4, 0.5) is 4.79 Å². The average Bonchev–Trinajstić information content (AvgIpc) is 3.34. The van der Waals surface area contributed by atoms with E-state index >= 15 is 0 Å². The van der Waals surface area contributed by atoms with E-state index in [4.69, 9.17) is 4.74 Å². The van der Waals surface area contributed by atoms with Crippen LogP contribution in [0.5, 0.6) is 5.75 Å². The second kappa shape index (κ2) is 9.05. The fraction of sp³-hybridized carbons (Fsp3) is 0.450. The van der Waals surface area contributed by atoms with Gasteiger partial charge >= 0.3 is 6.03 Å². The number of thiophene rings is 1. The minimum absolute atomic E-state index is 0.0206. The molecule has 140 valence electrons. The van der Waals surface area contributed by atoms with Crippen LogP contribution in [0.15, 0.2) is 41.8 Å². The van der Waals surface area contributed by atoms with Gasteiger partial charge in [0.25, 0.3) is 0 Å². The topological polar surface area (TPSA) is 44.8 Å². The molecule has 1 aliphatic carbocycles. The maximum atomic E-state index is 12.6. The Bertz CT molecular complexity index is 682. The van der Waals surface area contributed by atoms with Gasteiger partial charge in [0, 0.05) is 24.0 Å². The zero-order valence-electron chi connectivity index (χ0n) is 15.5. The fourth-order valence-electron chi connectivity index (χ4n) is 2.65. The summed E-state index contributed by atoms with van der Waals surface area (Å²) in [5.74, 6) is 0.860. The zero-order valence-corrected chi connectivity index (χ0v) is 16.3. The van der Waals surface area contributed by atoms with Crippen molar-refractivity contribution in [3.63, 3.8) is 0 Å². The largest absolute Gasteiger partial charge is 0.492 e. The SMILES string of the molecule is CN(C)CCOc1ccc(CNC(=O)N(Cc2cccs2)C2CC2)cc1. The summed E-state index contributed by atoms with van der Waals surface area (Å²) >= 11 is 1.70. The Hall–Kier alpha value is -2.05. The normalized spacial score (nSPS) is 13.7. The van der Waals surface area contributed by atoms with Gasteiger partial charge in [-0.15, -0.1) is 11.3 Å². The smallest absolute Gasteiger partial charge is 0.318 e. The van der Waals surface area contributed by atoms with Gasteiger partial charge < -0.3 is 19.9 Å². The van der Waals surface area contributed by atoms with Crippen molar-refractivity contribution in [1.29, 1.82) is 0 Å². The molecule has 1 N–H and O–H groups in total. The maximum Gasteiger partial charge on any atom is 0.318 e. The highest BCUT2D eigenvalue weighted by molar-refractivity contribution is 7.09. The molecule has 1 aliphatic rings. The quantitative estimate of drug-likeness (QED) is 0.731. The summed E-state index contributed by atoms with van der Waals surface area (Å²) in [6, 6.07) is 12.5. The van der Waals surface area contributed by atoms with E-state index in [1.165, 1.54) is 4.88 Å². The predicted octanol–water partition coefficient (Wildman–Crippen LogP) is 3.56. The van der Waals surface area contributed by atoms with Crippen LogP contribution in [-0.2, 0) is 13.1 Å². The summed E-state index contributed by atoms with van der Waals surface area (Å²) in [5.41, 5.74) is 1.07. The van der Waals surface area contributed by atoms with E-state index in [2.05, 4.69) is 21.7 Å². The predicted molar refractivity (Wildman–Crippen MR) is 106 cm³/mol. The number of carbonyl (C=O) groups is 1. The van der Waals surface area contributed by atoms with Gasteiger partial charge in [-0.05, 0) is 56.1 Å². The van der Waals surface area contributed by atoms with Crippen molar-refractivity contribution in [3.05, 3.63) is 52.2 Å². The Morgan fingerprint density at radius 3 is 2.62 bits per heavy atom. The summed E-state index contributed by atoms with van der Waals surface area (Å²) in [4.78, 5) is 17.9. The number of amides is 2. The van der Waals surface area contributed by atoms with E-state index in [0.717, 1.165) is 30.7 Å². The first-order chi connectivity index (χ1) is 12.6. The zero-order chi connectivity index (χ0) is 18.4. The molecular weight excluding hydrogens is 346 g/mol. The standard InChI is InChI=1S/C20H27N3O2S/c1-22(2)11-12-25-18-9-5-16(6-10-18)14-21-20(24)23(17-7-8-17)15-19-4-3-13-26-19/h3-6,9-10,13,17H,7-8,11-12,14-15H2,1-2H3,(H,21,24). The molecule has 2 aromatic rings. The summed E-state index contributed by atoms with van der Waals surface area (Å²) in [5, 5.41) is 5.11. The Kier molecular flexibility index (Phi) is 6.52. The molecule has 0 spiro atoms. The molecule has 1 saturated carbocycles. The molecule has 6 heteroatoms. The lowest BCUT2D eigenvalue weighted by Gasteiger charge is -2.22. The Morgan fingerprint density at radius 1 is 1.23 bits per heavy atom. The van der Waals surface area contributed by atoms with Crippen LogP contribution < -0.4 is 10.1 Å². The van der Waals surface area contributed by atoms with Crippen molar-refractivity contribution < 1.29 is 9.53 Å². The summed E-state index contributed by atoms with van der Waals surface area (Å²) < 4.78 is 5.70. The van der Waals surface area contributed by atoms with Crippen molar-refractivity contribution in [2.24, 2.45) is 0 Å².